The van der Waals surface area contributed by atoms with Crippen LogP contribution in [0.5, 0.6) is 0 Å². The Hall–Kier alpha value is -1.28. The molecule has 0 saturated carbocycles. The first-order valence-electron chi connectivity index (χ1n) is 4.98. The van der Waals surface area contributed by atoms with Gasteiger partial charge in [-0.3, -0.25) is 0 Å². The molecule has 0 saturated heterocycles. The topological polar surface area (TPSA) is 39.2 Å². The Labute approximate surface area is 83.7 Å². The Kier molecular flexibility index (Phi) is 2.30. The van der Waals surface area contributed by atoms with E-state index in [0.29, 0.717) is 0 Å². The van der Waals surface area contributed by atoms with Crippen LogP contribution >= 0.6 is 0 Å². The van der Waals surface area contributed by atoms with E-state index in [9.17, 15) is 0 Å². The van der Waals surface area contributed by atoms with E-state index in [0.717, 1.165) is 23.2 Å². The number of benzene rings is 1. The second-order valence-corrected chi connectivity index (χ2v) is 3.66. The van der Waals surface area contributed by atoms with E-state index in [4.69, 9.17) is 10.2 Å². The molecular weight excluding hydrogens is 174 g/mol. The van der Waals surface area contributed by atoms with Crippen molar-refractivity contribution in [3.05, 3.63) is 35.6 Å². The number of fused-ring (bicyclic) bond motifs is 1. The Morgan fingerprint density at radius 1 is 1.36 bits per heavy atom. The summed E-state index contributed by atoms with van der Waals surface area (Å²) in [7, 11) is 0. The maximum Gasteiger partial charge on any atom is 0.134 e. The van der Waals surface area contributed by atoms with Crippen LogP contribution in [0.2, 0.25) is 0 Å². The lowest BCUT2D eigenvalue weighted by Crippen LogP contribution is -2.02. The van der Waals surface area contributed by atoms with Crippen molar-refractivity contribution in [1.29, 1.82) is 0 Å². The van der Waals surface area contributed by atoms with Gasteiger partial charge in [0.15, 0.2) is 0 Å². The monoisotopic (exact) mass is 189 g/mol. The fraction of sp³-hybridized carbons (Fsp3) is 0.333. The van der Waals surface area contributed by atoms with Crippen molar-refractivity contribution in [2.24, 2.45) is 5.73 Å². The first-order valence-corrected chi connectivity index (χ1v) is 4.98. The molecule has 2 N–H and O–H groups in total. The van der Waals surface area contributed by atoms with Crippen molar-refractivity contribution in [1.82, 2.24) is 0 Å². The summed E-state index contributed by atoms with van der Waals surface area (Å²) in [6.45, 7) is 4.08. The van der Waals surface area contributed by atoms with Crippen molar-refractivity contribution in [3.8, 4) is 0 Å². The first kappa shape index (κ1) is 9.28. The molecule has 1 aromatic carbocycles. The highest BCUT2D eigenvalue weighted by molar-refractivity contribution is 5.78. The summed E-state index contributed by atoms with van der Waals surface area (Å²) in [5.74, 6) is 0.855. The number of hydrogen-bond acceptors (Lipinski definition) is 2. The number of rotatable bonds is 2. The van der Waals surface area contributed by atoms with Gasteiger partial charge in [-0.25, -0.2) is 0 Å². The van der Waals surface area contributed by atoms with E-state index >= 15 is 0 Å². The number of nitrogens with two attached hydrogens (primary N) is 1. The summed E-state index contributed by atoms with van der Waals surface area (Å²) in [6.07, 6.45) is 1.05. The minimum Gasteiger partial charge on any atom is -0.459 e. The molecular formula is C12H15NO. The van der Waals surface area contributed by atoms with Gasteiger partial charge >= 0.3 is 0 Å². The largest absolute Gasteiger partial charge is 0.459 e. The number of hydrogen-bond donors (Lipinski definition) is 1. The maximum atomic E-state index is 5.75. The molecule has 2 nitrogen and oxygen atoms in total. The van der Waals surface area contributed by atoms with Gasteiger partial charge in [0.05, 0.1) is 6.04 Å². The van der Waals surface area contributed by atoms with Crippen LogP contribution < -0.4 is 5.73 Å². The summed E-state index contributed by atoms with van der Waals surface area (Å²) >= 11 is 0. The quantitative estimate of drug-likeness (QED) is 0.788. The van der Waals surface area contributed by atoms with E-state index < -0.39 is 0 Å². The fourth-order valence-electron chi connectivity index (χ4n) is 1.56. The zero-order valence-electron chi connectivity index (χ0n) is 8.58. The number of furan rings is 1. The molecule has 2 aromatic rings. The molecule has 0 spiro atoms. The van der Waals surface area contributed by atoms with Gasteiger partial charge in [-0.1, -0.05) is 13.0 Å². The molecule has 2 rings (SSSR count). The van der Waals surface area contributed by atoms with Crippen LogP contribution in [0.1, 0.15) is 31.2 Å². The normalized spacial score (nSPS) is 13.4. The average Bonchev–Trinajstić information content (AvgIpc) is 2.59. The lowest BCUT2D eigenvalue weighted by atomic mass is 10.1. The molecule has 2 heteroatoms. The van der Waals surface area contributed by atoms with Crippen molar-refractivity contribution >= 4 is 11.0 Å². The third kappa shape index (κ3) is 1.53. The zero-order chi connectivity index (χ0) is 10.1. The fourth-order valence-corrected chi connectivity index (χ4v) is 1.56. The van der Waals surface area contributed by atoms with Gasteiger partial charge in [0.2, 0.25) is 0 Å². The van der Waals surface area contributed by atoms with E-state index in [2.05, 4.69) is 19.1 Å². The van der Waals surface area contributed by atoms with Crippen molar-refractivity contribution in [2.75, 3.05) is 0 Å². The number of aryl methyl sites for hydroxylation is 1. The second kappa shape index (κ2) is 3.46. The van der Waals surface area contributed by atoms with Crippen molar-refractivity contribution in [2.45, 2.75) is 26.3 Å². The highest BCUT2D eigenvalue weighted by Crippen LogP contribution is 2.23. The smallest absolute Gasteiger partial charge is 0.134 e. The summed E-state index contributed by atoms with van der Waals surface area (Å²) in [5.41, 5.74) is 8.01. The van der Waals surface area contributed by atoms with E-state index in [1.54, 1.807) is 0 Å². The highest BCUT2D eigenvalue weighted by Gasteiger charge is 2.07. The molecule has 0 bridgehead atoms. The molecule has 0 radical (unpaired) electrons. The molecule has 0 aliphatic heterocycles. The Morgan fingerprint density at radius 2 is 2.14 bits per heavy atom. The molecule has 1 unspecified atom stereocenters. The molecule has 1 heterocycles. The van der Waals surface area contributed by atoms with Crippen LogP contribution in [0.3, 0.4) is 0 Å². The molecule has 0 aliphatic rings. The third-order valence-corrected chi connectivity index (χ3v) is 2.46. The minimum absolute atomic E-state index is 0.0347. The molecule has 1 atom stereocenters. The molecule has 1 aromatic heterocycles. The molecule has 14 heavy (non-hydrogen) atoms. The van der Waals surface area contributed by atoms with Gasteiger partial charge < -0.3 is 10.2 Å². The van der Waals surface area contributed by atoms with E-state index in [-0.39, 0.29) is 6.04 Å². The highest BCUT2D eigenvalue weighted by atomic mass is 16.3. The average molecular weight is 189 g/mol. The van der Waals surface area contributed by atoms with Gasteiger partial charge in [-0.15, -0.1) is 0 Å². The van der Waals surface area contributed by atoms with Gasteiger partial charge in [-0.05, 0) is 37.1 Å². The van der Waals surface area contributed by atoms with E-state index in [1.807, 2.05) is 19.1 Å². The summed E-state index contributed by atoms with van der Waals surface area (Å²) in [6, 6.07) is 8.26. The molecule has 0 fully saturated rings. The van der Waals surface area contributed by atoms with Gasteiger partial charge in [0, 0.05) is 5.39 Å². The summed E-state index contributed by atoms with van der Waals surface area (Å²) in [4.78, 5) is 0. The minimum atomic E-state index is -0.0347. The summed E-state index contributed by atoms with van der Waals surface area (Å²) < 4.78 is 5.60. The van der Waals surface area contributed by atoms with Crippen molar-refractivity contribution < 1.29 is 4.42 Å². The van der Waals surface area contributed by atoms with Gasteiger partial charge in [-0.2, -0.15) is 0 Å². The van der Waals surface area contributed by atoms with E-state index in [1.165, 1.54) is 5.56 Å². The predicted octanol–water partition coefficient (Wildman–Crippen LogP) is 3.01. The molecule has 0 aliphatic carbocycles. The van der Waals surface area contributed by atoms with Crippen LogP contribution in [0.15, 0.2) is 28.7 Å². The third-order valence-electron chi connectivity index (χ3n) is 2.46. The Balaban J connectivity index is 2.54. The Bertz CT molecular complexity index is 443. The predicted molar refractivity (Wildman–Crippen MR) is 58.2 cm³/mol. The standard InChI is InChI=1S/C12H15NO/c1-3-9-4-5-11-10(6-9)7-12(14-11)8(2)13/h4-8H,3,13H2,1-2H3. The SMILES string of the molecule is CCc1ccc2oc(C(C)N)cc2c1. The zero-order valence-corrected chi connectivity index (χ0v) is 8.58. The lowest BCUT2D eigenvalue weighted by molar-refractivity contribution is 0.513. The summed E-state index contributed by atoms with van der Waals surface area (Å²) in [5, 5.41) is 1.15. The van der Waals surface area contributed by atoms with Crippen molar-refractivity contribution in [3.63, 3.8) is 0 Å². The van der Waals surface area contributed by atoms with Crippen LogP contribution in [0, 0.1) is 0 Å². The first-order chi connectivity index (χ1) is 6.70. The molecule has 0 amide bonds. The van der Waals surface area contributed by atoms with Crippen LogP contribution in [0.25, 0.3) is 11.0 Å². The van der Waals surface area contributed by atoms with Gasteiger partial charge in [0.25, 0.3) is 0 Å². The van der Waals surface area contributed by atoms with Crippen LogP contribution in [-0.4, -0.2) is 0 Å². The molecule has 74 valence electrons. The van der Waals surface area contributed by atoms with Gasteiger partial charge in [0.1, 0.15) is 11.3 Å². The Morgan fingerprint density at radius 3 is 2.79 bits per heavy atom. The second-order valence-electron chi connectivity index (χ2n) is 3.66. The maximum absolute atomic E-state index is 5.75. The lowest BCUT2D eigenvalue weighted by Gasteiger charge is -1.96. The van der Waals surface area contributed by atoms with Crippen LogP contribution in [-0.2, 0) is 6.42 Å². The van der Waals surface area contributed by atoms with Crippen LogP contribution in [0.4, 0.5) is 0 Å².